The zero-order valence-corrected chi connectivity index (χ0v) is 21.1. The van der Waals surface area contributed by atoms with Crippen molar-refractivity contribution in [3.05, 3.63) is 72.2 Å². The van der Waals surface area contributed by atoms with E-state index >= 15 is 0 Å². The van der Waals surface area contributed by atoms with Crippen LogP contribution in [0.4, 0.5) is 10.2 Å². The Labute approximate surface area is 223 Å². The van der Waals surface area contributed by atoms with Crippen LogP contribution in [-0.2, 0) is 13.6 Å². The fourth-order valence-corrected chi connectivity index (χ4v) is 5.78. The predicted octanol–water partition coefficient (Wildman–Crippen LogP) is 3.60. The molecule has 2 N–H and O–H groups in total. The largest absolute Gasteiger partial charge is 0.508 e. The molecule has 3 aliphatic rings. The van der Waals surface area contributed by atoms with Gasteiger partial charge in [-0.3, -0.25) is 14.6 Å². The highest BCUT2D eigenvalue weighted by atomic mass is 19.1. The number of rotatable bonds is 5. The van der Waals surface area contributed by atoms with Gasteiger partial charge in [-0.25, -0.2) is 14.4 Å². The first-order valence-electron chi connectivity index (χ1n) is 12.7. The lowest BCUT2D eigenvalue weighted by Crippen LogP contribution is -2.68. The van der Waals surface area contributed by atoms with Crippen molar-refractivity contribution < 1.29 is 9.50 Å². The van der Waals surface area contributed by atoms with E-state index in [1.54, 1.807) is 29.5 Å². The molecule has 0 amide bonds. The number of hydrogen-bond acceptors (Lipinski definition) is 8. The summed E-state index contributed by atoms with van der Waals surface area (Å²) in [5, 5.41) is 25.0. The van der Waals surface area contributed by atoms with Crippen LogP contribution in [0.25, 0.3) is 33.5 Å². The second-order valence-corrected chi connectivity index (χ2v) is 10.1. The number of aromatic hydroxyl groups is 1. The van der Waals surface area contributed by atoms with Gasteiger partial charge in [0.05, 0.1) is 35.5 Å². The monoisotopic (exact) mass is 521 g/mol. The van der Waals surface area contributed by atoms with Crippen LogP contribution in [0, 0.1) is 17.1 Å². The fraction of sp³-hybridized carbons (Fsp3) is 0.250. The lowest BCUT2D eigenvalue weighted by atomic mass is 9.86. The number of aromatic amines is 1. The van der Waals surface area contributed by atoms with Gasteiger partial charge in [0.15, 0.2) is 0 Å². The molecule has 8 rings (SSSR count). The molecular formula is C28H24FN9O. The average Bonchev–Trinajstić information content (AvgIpc) is 3.58. The molecule has 3 fully saturated rings. The Bertz CT molecular complexity index is 1720. The second-order valence-electron chi connectivity index (χ2n) is 10.1. The van der Waals surface area contributed by atoms with Crippen molar-refractivity contribution in [3.63, 3.8) is 0 Å². The summed E-state index contributed by atoms with van der Waals surface area (Å²) in [6.45, 7) is 1.88. The first-order chi connectivity index (χ1) is 19.0. The van der Waals surface area contributed by atoms with Crippen molar-refractivity contribution in [1.82, 2.24) is 34.6 Å². The predicted molar refractivity (Wildman–Crippen MR) is 142 cm³/mol. The summed E-state index contributed by atoms with van der Waals surface area (Å²) in [4.78, 5) is 21.6. The van der Waals surface area contributed by atoms with E-state index in [0.29, 0.717) is 34.6 Å². The van der Waals surface area contributed by atoms with Crippen LogP contribution in [-0.4, -0.2) is 64.9 Å². The van der Waals surface area contributed by atoms with E-state index in [4.69, 9.17) is 9.97 Å². The molecule has 11 heteroatoms. The van der Waals surface area contributed by atoms with E-state index in [2.05, 4.69) is 30.9 Å². The molecule has 3 saturated heterocycles. The molecule has 2 bridgehead atoms. The van der Waals surface area contributed by atoms with Crippen LogP contribution in [0.3, 0.4) is 0 Å². The first-order valence-corrected chi connectivity index (χ1v) is 12.7. The Morgan fingerprint density at radius 1 is 1.13 bits per heavy atom. The minimum Gasteiger partial charge on any atom is -0.508 e. The number of piperidine rings is 1. The number of anilines is 1. The van der Waals surface area contributed by atoms with Gasteiger partial charge in [0.1, 0.15) is 29.1 Å². The molecule has 0 aliphatic carbocycles. The van der Waals surface area contributed by atoms with Gasteiger partial charge in [-0.05, 0) is 24.6 Å². The summed E-state index contributed by atoms with van der Waals surface area (Å²) in [7, 11) is 1.86. The minimum atomic E-state index is -0.379. The number of benzene rings is 1. The van der Waals surface area contributed by atoms with E-state index in [1.165, 1.54) is 18.2 Å². The second kappa shape index (κ2) is 8.89. The summed E-state index contributed by atoms with van der Waals surface area (Å²) in [6, 6.07) is 9.13. The zero-order valence-electron chi connectivity index (χ0n) is 21.1. The Morgan fingerprint density at radius 2 is 1.97 bits per heavy atom. The van der Waals surface area contributed by atoms with Gasteiger partial charge in [0.25, 0.3) is 0 Å². The van der Waals surface area contributed by atoms with Crippen molar-refractivity contribution in [2.75, 3.05) is 18.0 Å². The maximum Gasteiger partial charge on any atom is 0.147 e. The first kappa shape index (κ1) is 23.3. The number of aromatic nitrogens is 6. The fourth-order valence-electron chi connectivity index (χ4n) is 5.78. The maximum absolute atomic E-state index is 14.3. The highest BCUT2D eigenvalue weighted by molar-refractivity contribution is 5.97. The summed E-state index contributed by atoms with van der Waals surface area (Å²) < 4.78 is 16.0. The smallest absolute Gasteiger partial charge is 0.147 e. The number of nitrogens with zero attached hydrogens (tertiary/aromatic N) is 8. The number of pyridine rings is 1. The molecule has 0 spiro atoms. The third-order valence-electron chi connectivity index (χ3n) is 7.79. The SMILES string of the molecule is Cn1cc(-c2cc3c(-c4cnc(N5CC6CC(C5)N6Cc5c(O)cccc5F)cn4)c(C#N)cnc3[nH]2)cn1. The van der Waals surface area contributed by atoms with Gasteiger partial charge in [0, 0.05) is 73.2 Å². The quantitative estimate of drug-likeness (QED) is 0.360. The molecule has 1 aromatic carbocycles. The minimum absolute atomic E-state index is 0.00442. The van der Waals surface area contributed by atoms with Gasteiger partial charge < -0.3 is 15.0 Å². The highest BCUT2D eigenvalue weighted by Gasteiger charge is 2.45. The molecule has 0 saturated carbocycles. The Kier molecular flexibility index (Phi) is 5.31. The van der Waals surface area contributed by atoms with Crippen molar-refractivity contribution in [2.24, 2.45) is 7.05 Å². The number of phenols is 1. The van der Waals surface area contributed by atoms with Crippen molar-refractivity contribution in [1.29, 1.82) is 5.26 Å². The van der Waals surface area contributed by atoms with Crippen LogP contribution >= 0.6 is 0 Å². The van der Waals surface area contributed by atoms with Gasteiger partial charge >= 0.3 is 0 Å². The Morgan fingerprint density at radius 3 is 2.67 bits per heavy atom. The summed E-state index contributed by atoms with van der Waals surface area (Å²) in [6.07, 6.45) is 9.72. The van der Waals surface area contributed by atoms with E-state index in [9.17, 15) is 14.8 Å². The lowest BCUT2D eigenvalue weighted by molar-refractivity contribution is -0.00998. The molecule has 2 atom stereocenters. The summed E-state index contributed by atoms with van der Waals surface area (Å²) in [5.41, 5.74) is 4.48. The zero-order chi connectivity index (χ0) is 26.7. The Hall–Kier alpha value is -4.82. The molecular weight excluding hydrogens is 497 g/mol. The highest BCUT2D eigenvalue weighted by Crippen LogP contribution is 2.38. The van der Waals surface area contributed by atoms with Gasteiger partial charge in [-0.15, -0.1) is 0 Å². The van der Waals surface area contributed by atoms with E-state index in [-0.39, 0.29) is 23.7 Å². The topological polar surface area (TPSA) is 123 Å². The average molecular weight is 522 g/mol. The number of fused-ring (bicyclic) bond motifs is 3. The molecule has 0 radical (unpaired) electrons. The number of nitriles is 1. The molecule has 3 aliphatic heterocycles. The third kappa shape index (κ3) is 3.88. The molecule has 5 aromatic rings. The summed E-state index contributed by atoms with van der Waals surface area (Å²) in [5.74, 6) is 0.376. The maximum atomic E-state index is 14.3. The van der Waals surface area contributed by atoms with E-state index < -0.39 is 0 Å². The Balaban J connectivity index is 1.13. The van der Waals surface area contributed by atoms with Crippen LogP contribution in [0.2, 0.25) is 0 Å². The van der Waals surface area contributed by atoms with Gasteiger partial charge in [-0.1, -0.05) is 6.07 Å². The number of H-pyrrole nitrogens is 1. The molecule has 194 valence electrons. The normalized spacial score (nSPS) is 18.7. The molecule has 7 heterocycles. The standard InChI is InChI=1S/C28H24FN9O/c1-36-12-17(9-34-36)23-6-20-27(16(7-30)8-33-28(20)35-23)24-10-32-26(11-31-24)37-13-18-5-19(14-37)38(18)15-21-22(29)3-2-4-25(21)39/h2-4,6,8-12,18-19,39H,5,13-15H2,1H3,(H,33,35). The third-order valence-corrected chi connectivity index (χ3v) is 7.79. The van der Waals surface area contributed by atoms with Gasteiger partial charge in [0.2, 0.25) is 0 Å². The van der Waals surface area contributed by atoms with Crippen LogP contribution in [0.1, 0.15) is 17.5 Å². The molecule has 2 unspecified atom stereocenters. The number of piperazine rings is 1. The van der Waals surface area contributed by atoms with Crippen molar-refractivity contribution in [2.45, 2.75) is 25.0 Å². The van der Waals surface area contributed by atoms with Crippen LogP contribution < -0.4 is 4.90 Å². The molecule has 4 aromatic heterocycles. The lowest BCUT2D eigenvalue weighted by Gasteiger charge is -2.56. The number of hydrogen-bond donors (Lipinski definition) is 2. The molecule has 10 nitrogen and oxygen atoms in total. The van der Waals surface area contributed by atoms with Crippen molar-refractivity contribution >= 4 is 16.9 Å². The van der Waals surface area contributed by atoms with Crippen LogP contribution in [0.15, 0.2) is 55.2 Å². The van der Waals surface area contributed by atoms with Crippen molar-refractivity contribution in [3.8, 4) is 34.3 Å². The molecule has 39 heavy (non-hydrogen) atoms. The number of halogens is 1. The number of nitrogens with one attached hydrogen (secondary N) is 1. The van der Waals surface area contributed by atoms with Gasteiger partial charge in [-0.2, -0.15) is 10.4 Å². The van der Waals surface area contributed by atoms with E-state index in [0.717, 1.165) is 42.0 Å². The number of aryl methyl sites for hydroxylation is 1. The summed E-state index contributed by atoms with van der Waals surface area (Å²) >= 11 is 0. The van der Waals surface area contributed by atoms with Crippen LogP contribution in [0.5, 0.6) is 5.75 Å². The van der Waals surface area contributed by atoms with E-state index in [1.807, 2.05) is 19.3 Å². The number of phenolic OH excluding ortho intramolecular Hbond substituents is 1.